The molecule has 1 heteroatoms. The first-order valence-corrected chi connectivity index (χ1v) is 1.32. The average Bonchev–Trinajstić information content (AvgIpc) is 1.37. The minimum Gasteiger partial charge on any atom is -0.358 e. The number of hydrogen-bond donors (Lipinski definition) is 0. The van der Waals surface area contributed by atoms with Gasteiger partial charge in [0.05, 0.1) is 0 Å². The summed E-state index contributed by atoms with van der Waals surface area (Å²) in [5.41, 5.74) is 0. The van der Waals surface area contributed by atoms with E-state index >= 15 is 0 Å². The minimum atomic E-state index is 0. The van der Waals surface area contributed by atoms with Gasteiger partial charge in [0.2, 0.25) is 0 Å². The molecule has 0 heterocycles. The molecular formula is C6H14Y-2. The molecular weight excluding hydrogens is 161 g/mol. The van der Waals surface area contributed by atoms with Crippen molar-refractivity contribution in [2.75, 3.05) is 0 Å². The van der Waals surface area contributed by atoms with Gasteiger partial charge in [0.15, 0.2) is 0 Å². The Morgan fingerprint density at radius 2 is 1.57 bits per heavy atom. The van der Waals surface area contributed by atoms with Crippen molar-refractivity contribution in [3.63, 3.8) is 0 Å². The van der Waals surface area contributed by atoms with Gasteiger partial charge in [0, 0.05) is 32.7 Å². The van der Waals surface area contributed by atoms with Gasteiger partial charge in [-0.3, -0.25) is 0 Å². The molecule has 0 aliphatic heterocycles. The van der Waals surface area contributed by atoms with E-state index in [1.54, 1.807) is 6.08 Å². The zero-order valence-electron chi connectivity index (χ0n) is 4.44. The van der Waals surface area contributed by atoms with E-state index in [9.17, 15) is 0 Å². The Morgan fingerprint density at radius 1 is 1.43 bits per heavy atom. The minimum absolute atomic E-state index is 0. The van der Waals surface area contributed by atoms with Crippen molar-refractivity contribution < 1.29 is 32.7 Å². The van der Waals surface area contributed by atoms with Crippen molar-refractivity contribution in [2.24, 2.45) is 0 Å². The third kappa shape index (κ3) is 50.8. The molecule has 0 nitrogen and oxygen atoms in total. The normalized spacial score (nSPS) is 5.29. The summed E-state index contributed by atoms with van der Waals surface area (Å²) in [6.07, 6.45) is 3.64. The second kappa shape index (κ2) is 29.8. The van der Waals surface area contributed by atoms with Crippen LogP contribution in [0, 0.1) is 14.4 Å². The number of rotatable bonds is 0. The zero-order chi connectivity index (χ0) is 3.41. The molecule has 0 aromatic carbocycles. The molecule has 0 amide bonds. The first-order chi connectivity index (χ1) is 1.91. The number of allylic oxidation sites excluding steroid dienone is 2. The maximum atomic E-state index is 3.42. The topological polar surface area (TPSA) is 0 Å². The number of hydrogen-bond acceptors (Lipinski definition) is 0. The third-order valence-electron chi connectivity index (χ3n) is 0.236. The van der Waals surface area contributed by atoms with Crippen molar-refractivity contribution in [1.29, 1.82) is 0 Å². The van der Waals surface area contributed by atoms with Crippen LogP contribution in [0.3, 0.4) is 0 Å². The molecule has 0 rings (SSSR count). The molecule has 0 bridgehead atoms. The van der Waals surface area contributed by atoms with Crippen LogP contribution in [-0.4, -0.2) is 0 Å². The van der Waals surface area contributed by atoms with Gasteiger partial charge in [-0.15, -0.1) is 6.92 Å². The smallest absolute Gasteiger partial charge is 0 e. The van der Waals surface area contributed by atoms with Crippen LogP contribution in [0.2, 0.25) is 0 Å². The molecule has 1 radical (unpaired) electrons. The van der Waals surface area contributed by atoms with E-state index in [-0.39, 0.29) is 47.6 Å². The van der Waals surface area contributed by atoms with Crippen molar-refractivity contribution in [1.82, 2.24) is 0 Å². The molecule has 0 fully saturated rings. The quantitative estimate of drug-likeness (QED) is 0.496. The molecule has 0 saturated heterocycles. The maximum absolute atomic E-state index is 3.42. The summed E-state index contributed by atoms with van der Waals surface area (Å²) in [4.78, 5) is 0. The van der Waals surface area contributed by atoms with Gasteiger partial charge in [0.1, 0.15) is 0 Å². The predicted octanol–water partition coefficient (Wildman–Crippen LogP) is 2.48. The van der Waals surface area contributed by atoms with E-state index in [4.69, 9.17) is 0 Å². The molecule has 43 valence electrons. The summed E-state index contributed by atoms with van der Waals surface area (Å²) in [7, 11) is 0. The van der Waals surface area contributed by atoms with Gasteiger partial charge in [-0.2, -0.15) is 0 Å². The van der Waals surface area contributed by atoms with Crippen molar-refractivity contribution in [3.05, 3.63) is 26.5 Å². The molecule has 0 aliphatic carbocycles. The fourth-order valence-corrected chi connectivity index (χ4v) is 0. The van der Waals surface area contributed by atoms with E-state index in [1.165, 1.54) is 0 Å². The van der Waals surface area contributed by atoms with E-state index in [0.717, 1.165) is 0 Å². The second-order valence-electron chi connectivity index (χ2n) is 0.569. The Balaban J connectivity index is -0.0000000150. The van der Waals surface area contributed by atoms with Crippen molar-refractivity contribution >= 4 is 0 Å². The SMILES string of the molecule is C.[CH2-]/C=C\C.[CH3-].[Y]. The second-order valence-corrected chi connectivity index (χ2v) is 0.569. The van der Waals surface area contributed by atoms with Crippen LogP contribution in [0.15, 0.2) is 12.2 Å². The summed E-state index contributed by atoms with van der Waals surface area (Å²) < 4.78 is 0. The predicted molar refractivity (Wildman–Crippen MR) is 33.3 cm³/mol. The molecule has 0 spiro atoms. The molecule has 0 atom stereocenters. The summed E-state index contributed by atoms with van der Waals surface area (Å²) >= 11 is 0. The molecule has 0 unspecified atom stereocenters. The van der Waals surface area contributed by atoms with Gasteiger partial charge in [0.25, 0.3) is 0 Å². The van der Waals surface area contributed by atoms with Crippen LogP contribution in [0.25, 0.3) is 0 Å². The Bertz CT molecular complexity index is 19.4. The van der Waals surface area contributed by atoms with E-state index in [2.05, 4.69) is 6.92 Å². The average molecular weight is 175 g/mol. The Labute approximate surface area is 73.3 Å². The van der Waals surface area contributed by atoms with Gasteiger partial charge in [-0.25, -0.2) is 19.1 Å². The van der Waals surface area contributed by atoms with Crippen molar-refractivity contribution in [2.45, 2.75) is 14.4 Å². The molecule has 0 aromatic rings. The zero-order valence-corrected chi connectivity index (χ0v) is 7.28. The van der Waals surface area contributed by atoms with Crippen LogP contribution in [-0.2, 0) is 32.7 Å². The summed E-state index contributed by atoms with van der Waals surface area (Å²) in [5.74, 6) is 0. The Morgan fingerprint density at radius 3 is 1.57 bits per heavy atom. The summed E-state index contributed by atoms with van der Waals surface area (Å²) in [5, 5.41) is 0. The summed E-state index contributed by atoms with van der Waals surface area (Å²) in [6, 6.07) is 0. The fourth-order valence-electron chi connectivity index (χ4n) is 0. The van der Waals surface area contributed by atoms with Crippen molar-refractivity contribution in [3.8, 4) is 0 Å². The molecule has 0 saturated carbocycles. The van der Waals surface area contributed by atoms with Gasteiger partial charge in [-0.1, -0.05) is 7.43 Å². The fraction of sp³-hybridized carbons (Fsp3) is 0.333. The first-order valence-electron chi connectivity index (χ1n) is 1.32. The Hall–Kier alpha value is 0.714. The van der Waals surface area contributed by atoms with E-state index in [0.29, 0.717) is 0 Å². The van der Waals surface area contributed by atoms with E-state index < -0.39 is 0 Å². The van der Waals surface area contributed by atoms with Gasteiger partial charge in [-0.05, 0) is 0 Å². The molecule has 0 N–H and O–H groups in total. The van der Waals surface area contributed by atoms with Crippen LogP contribution in [0.1, 0.15) is 14.4 Å². The molecule has 0 aromatic heterocycles. The Kier molecular flexibility index (Phi) is 107. The van der Waals surface area contributed by atoms with Crippen LogP contribution in [0.5, 0.6) is 0 Å². The first kappa shape index (κ1) is 25.2. The molecule has 0 aliphatic rings. The molecule has 7 heavy (non-hydrogen) atoms. The third-order valence-corrected chi connectivity index (χ3v) is 0.236. The van der Waals surface area contributed by atoms with Gasteiger partial charge >= 0.3 is 0 Å². The van der Waals surface area contributed by atoms with Gasteiger partial charge < -0.3 is 7.43 Å². The monoisotopic (exact) mass is 175 g/mol. The standard InChI is InChI=1S/C4H7.CH4.CH3.Y/c1-3-4-2;;;/h3-4H,1H2,2H3;1H4;1H3;/q-1;;-1;/b4-3-;;;. The van der Waals surface area contributed by atoms with Crippen LogP contribution >= 0.6 is 0 Å². The summed E-state index contributed by atoms with van der Waals surface area (Å²) in [6.45, 7) is 5.36. The van der Waals surface area contributed by atoms with Crippen LogP contribution < -0.4 is 0 Å². The van der Waals surface area contributed by atoms with E-state index in [1.807, 2.05) is 13.0 Å². The largest absolute Gasteiger partial charge is 0.358 e. The van der Waals surface area contributed by atoms with Crippen LogP contribution in [0.4, 0.5) is 0 Å². The maximum Gasteiger partial charge on any atom is 0 e.